The third-order valence-electron chi connectivity index (χ3n) is 5.55. The number of aromatic amines is 1. The summed E-state index contributed by atoms with van der Waals surface area (Å²) in [4.78, 5) is 13.4. The van der Waals surface area contributed by atoms with Gasteiger partial charge in [-0.2, -0.15) is 0 Å². The molecule has 1 aliphatic rings. The normalized spacial score (nSPS) is 15.5. The molecule has 0 amide bonds. The Bertz CT molecular complexity index is 1290. The third-order valence-corrected chi connectivity index (χ3v) is 5.80. The lowest BCUT2D eigenvalue weighted by atomic mass is 9.80. The summed E-state index contributed by atoms with van der Waals surface area (Å²) in [6.45, 7) is 0. The standard InChI is InChI=1S/C25H18ClFN2O/c26-19-10-6-17(7-11-19)22-14-18(16-8-12-20(27)13-9-16)15-23-24(22)25(30)29(28-23)21-4-2-1-3-5-21/h1-13,15,22,28H,14H2. The van der Waals surface area contributed by atoms with Crippen LogP contribution in [0, 0.1) is 5.82 Å². The molecule has 0 radical (unpaired) electrons. The van der Waals surface area contributed by atoms with Crippen LogP contribution in [0.4, 0.5) is 4.39 Å². The molecule has 148 valence electrons. The Balaban J connectivity index is 1.69. The minimum absolute atomic E-state index is 0.0643. The smallest absolute Gasteiger partial charge is 0.275 e. The fourth-order valence-corrected chi connectivity index (χ4v) is 4.20. The summed E-state index contributed by atoms with van der Waals surface area (Å²) < 4.78 is 15.0. The van der Waals surface area contributed by atoms with Crippen LogP contribution in [0.15, 0.2) is 83.7 Å². The van der Waals surface area contributed by atoms with Crippen LogP contribution in [0.25, 0.3) is 17.3 Å². The van der Waals surface area contributed by atoms with Gasteiger partial charge in [0.2, 0.25) is 0 Å². The lowest BCUT2D eigenvalue weighted by Gasteiger charge is -2.23. The summed E-state index contributed by atoms with van der Waals surface area (Å²) >= 11 is 6.09. The SMILES string of the molecule is O=c1c2c([nH]n1-c1ccccc1)C=C(c1ccc(F)cc1)CC2c1ccc(Cl)cc1. The van der Waals surface area contributed by atoms with Gasteiger partial charge in [0.25, 0.3) is 5.56 Å². The lowest BCUT2D eigenvalue weighted by molar-refractivity contribution is 0.627. The van der Waals surface area contributed by atoms with Gasteiger partial charge in [0.15, 0.2) is 0 Å². The number of nitrogens with zero attached hydrogens (tertiary/aromatic N) is 1. The van der Waals surface area contributed by atoms with Gasteiger partial charge in [-0.1, -0.05) is 54.1 Å². The molecule has 3 aromatic carbocycles. The molecule has 1 aliphatic carbocycles. The maximum atomic E-state index is 13.4. The second-order valence-electron chi connectivity index (χ2n) is 7.40. The van der Waals surface area contributed by atoms with Crippen molar-refractivity contribution in [2.75, 3.05) is 0 Å². The molecule has 0 saturated heterocycles. The molecular weight excluding hydrogens is 399 g/mol. The molecule has 0 bridgehead atoms. The quantitative estimate of drug-likeness (QED) is 0.434. The topological polar surface area (TPSA) is 37.8 Å². The van der Waals surface area contributed by atoms with Gasteiger partial charge in [-0.25, -0.2) is 9.07 Å². The van der Waals surface area contributed by atoms with E-state index in [1.165, 1.54) is 12.1 Å². The molecule has 1 atom stereocenters. The highest BCUT2D eigenvalue weighted by Gasteiger charge is 2.29. The van der Waals surface area contributed by atoms with E-state index in [0.717, 1.165) is 33.6 Å². The van der Waals surface area contributed by atoms with E-state index in [-0.39, 0.29) is 17.3 Å². The van der Waals surface area contributed by atoms with Crippen LogP contribution in [0.3, 0.4) is 0 Å². The third kappa shape index (κ3) is 3.29. The predicted molar refractivity (Wildman–Crippen MR) is 119 cm³/mol. The number of allylic oxidation sites excluding steroid dienone is 1. The first-order chi connectivity index (χ1) is 14.6. The second kappa shape index (κ2) is 7.47. The number of aromatic nitrogens is 2. The van der Waals surface area contributed by atoms with Crippen molar-refractivity contribution in [1.29, 1.82) is 0 Å². The number of halogens is 2. The van der Waals surface area contributed by atoms with E-state index in [9.17, 15) is 9.18 Å². The van der Waals surface area contributed by atoms with Gasteiger partial charge in [0.1, 0.15) is 5.82 Å². The zero-order chi connectivity index (χ0) is 20.7. The molecule has 1 heterocycles. The number of hydrogen-bond donors (Lipinski definition) is 1. The van der Waals surface area contributed by atoms with Crippen molar-refractivity contribution in [3.8, 4) is 5.69 Å². The molecule has 0 fully saturated rings. The van der Waals surface area contributed by atoms with E-state index in [1.54, 1.807) is 16.8 Å². The molecule has 4 aromatic rings. The Morgan fingerprint density at radius 1 is 0.933 bits per heavy atom. The van der Waals surface area contributed by atoms with Gasteiger partial charge in [-0.15, -0.1) is 0 Å². The van der Waals surface area contributed by atoms with Gasteiger partial charge >= 0.3 is 0 Å². The number of H-pyrrole nitrogens is 1. The summed E-state index contributed by atoms with van der Waals surface area (Å²) in [6.07, 6.45) is 2.64. The zero-order valence-corrected chi connectivity index (χ0v) is 16.7. The predicted octanol–water partition coefficient (Wildman–Crippen LogP) is 6.03. The van der Waals surface area contributed by atoms with E-state index in [4.69, 9.17) is 11.6 Å². The zero-order valence-electron chi connectivity index (χ0n) is 16.0. The Morgan fingerprint density at radius 2 is 1.63 bits per heavy atom. The first kappa shape index (κ1) is 18.6. The summed E-state index contributed by atoms with van der Waals surface area (Å²) in [5.74, 6) is -0.398. The van der Waals surface area contributed by atoms with Crippen molar-refractivity contribution < 1.29 is 4.39 Å². The number of hydrogen-bond acceptors (Lipinski definition) is 1. The van der Waals surface area contributed by atoms with Crippen LogP contribution in [0.1, 0.15) is 34.7 Å². The first-order valence-corrected chi connectivity index (χ1v) is 10.1. The van der Waals surface area contributed by atoms with Crippen LogP contribution >= 0.6 is 11.6 Å². The van der Waals surface area contributed by atoms with Gasteiger partial charge in [-0.3, -0.25) is 9.89 Å². The molecule has 0 saturated carbocycles. The monoisotopic (exact) mass is 416 g/mol. The molecule has 0 aliphatic heterocycles. The second-order valence-corrected chi connectivity index (χ2v) is 7.84. The largest absolute Gasteiger partial charge is 0.291 e. The lowest BCUT2D eigenvalue weighted by Crippen LogP contribution is -2.21. The number of nitrogens with one attached hydrogen (secondary N) is 1. The Labute approximate surface area is 178 Å². The van der Waals surface area contributed by atoms with Crippen molar-refractivity contribution in [3.63, 3.8) is 0 Å². The van der Waals surface area contributed by atoms with E-state index < -0.39 is 0 Å². The molecular formula is C25H18ClFN2O. The van der Waals surface area contributed by atoms with Gasteiger partial charge in [0, 0.05) is 10.9 Å². The van der Waals surface area contributed by atoms with E-state index in [2.05, 4.69) is 5.10 Å². The van der Waals surface area contributed by atoms with Crippen LogP contribution in [0.2, 0.25) is 5.02 Å². The molecule has 0 spiro atoms. The van der Waals surface area contributed by atoms with E-state index in [0.29, 0.717) is 11.4 Å². The number of para-hydroxylation sites is 1. The van der Waals surface area contributed by atoms with Crippen molar-refractivity contribution in [3.05, 3.63) is 122 Å². The average molecular weight is 417 g/mol. The van der Waals surface area contributed by atoms with Gasteiger partial charge in [-0.05, 0) is 65.6 Å². The minimum atomic E-state index is -0.270. The fourth-order valence-electron chi connectivity index (χ4n) is 4.07. The Kier molecular flexibility index (Phi) is 4.64. The maximum absolute atomic E-state index is 13.4. The summed E-state index contributed by atoms with van der Waals surface area (Å²) in [6, 6.07) is 23.6. The molecule has 3 nitrogen and oxygen atoms in total. The van der Waals surface area contributed by atoms with Gasteiger partial charge in [0.05, 0.1) is 16.9 Å². The highest BCUT2D eigenvalue weighted by Crippen LogP contribution is 2.40. The molecule has 1 aromatic heterocycles. The van der Waals surface area contributed by atoms with Crippen LogP contribution in [-0.4, -0.2) is 9.78 Å². The summed E-state index contributed by atoms with van der Waals surface area (Å²) in [5.41, 5.74) is 5.22. The van der Waals surface area contributed by atoms with E-state index >= 15 is 0 Å². The Hall–Kier alpha value is -3.37. The number of rotatable bonds is 3. The fraction of sp³-hybridized carbons (Fsp3) is 0.0800. The summed E-state index contributed by atoms with van der Waals surface area (Å²) in [5, 5.41) is 3.92. The highest BCUT2D eigenvalue weighted by atomic mass is 35.5. The number of benzene rings is 3. The van der Waals surface area contributed by atoms with Gasteiger partial charge < -0.3 is 0 Å². The Morgan fingerprint density at radius 3 is 2.33 bits per heavy atom. The first-order valence-electron chi connectivity index (χ1n) is 9.72. The number of fused-ring (bicyclic) bond motifs is 1. The van der Waals surface area contributed by atoms with Crippen LogP contribution < -0.4 is 5.56 Å². The van der Waals surface area contributed by atoms with E-state index in [1.807, 2.05) is 60.7 Å². The van der Waals surface area contributed by atoms with Crippen molar-refractivity contribution in [2.24, 2.45) is 0 Å². The maximum Gasteiger partial charge on any atom is 0.275 e. The van der Waals surface area contributed by atoms with Crippen molar-refractivity contribution in [2.45, 2.75) is 12.3 Å². The summed E-state index contributed by atoms with van der Waals surface area (Å²) in [7, 11) is 0. The highest BCUT2D eigenvalue weighted by molar-refractivity contribution is 6.30. The van der Waals surface area contributed by atoms with Crippen LogP contribution in [-0.2, 0) is 0 Å². The molecule has 1 unspecified atom stereocenters. The van der Waals surface area contributed by atoms with Crippen molar-refractivity contribution >= 4 is 23.3 Å². The van der Waals surface area contributed by atoms with Crippen molar-refractivity contribution in [1.82, 2.24) is 9.78 Å². The molecule has 30 heavy (non-hydrogen) atoms. The molecule has 5 heteroatoms. The molecule has 5 rings (SSSR count). The minimum Gasteiger partial charge on any atom is -0.291 e. The van der Waals surface area contributed by atoms with Crippen LogP contribution in [0.5, 0.6) is 0 Å². The molecule has 1 N–H and O–H groups in total. The average Bonchev–Trinajstić information content (AvgIpc) is 3.11.